The van der Waals surface area contributed by atoms with Gasteiger partial charge in [0.25, 0.3) is 5.91 Å². The van der Waals surface area contributed by atoms with Crippen molar-refractivity contribution in [2.45, 2.75) is 27.3 Å². The molecule has 31 heavy (non-hydrogen) atoms. The first kappa shape index (κ1) is 21.2. The average Bonchev–Trinajstić information content (AvgIpc) is 3.12. The number of hydrogen-bond acceptors (Lipinski definition) is 3. The number of thiazole rings is 1. The standard InChI is InChI=1S/C26H26N2O2S/c1-4-30-15-14-28-23-17-18(2)16-19(3)24(23)31-26(28)27-25(29)22-12-10-21(11-13-22)20-8-6-5-7-9-20/h5-13,16-17H,4,14-15H2,1-3H3. The van der Waals surface area contributed by atoms with Crippen LogP contribution in [0.3, 0.4) is 0 Å². The average molecular weight is 431 g/mol. The molecule has 0 aliphatic carbocycles. The van der Waals surface area contributed by atoms with Gasteiger partial charge in [-0.15, -0.1) is 0 Å². The smallest absolute Gasteiger partial charge is 0.279 e. The Balaban J connectivity index is 1.71. The molecule has 0 aliphatic rings. The van der Waals surface area contributed by atoms with Crippen molar-refractivity contribution in [2.24, 2.45) is 4.99 Å². The minimum Gasteiger partial charge on any atom is -0.380 e. The summed E-state index contributed by atoms with van der Waals surface area (Å²) in [7, 11) is 0. The zero-order valence-electron chi connectivity index (χ0n) is 18.1. The minimum absolute atomic E-state index is 0.231. The molecular formula is C26H26N2O2S. The first-order valence-electron chi connectivity index (χ1n) is 10.5. The molecule has 4 nitrogen and oxygen atoms in total. The summed E-state index contributed by atoms with van der Waals surface area (Å²) in [4.78, 5) is 18.2. The van der Waals surface area contributed by atoms with Crippen molar-refractivity contribution in [2.75, 3.05) is 13.2 Å². The molecule has 0 radical (unpaired) electrons. The SMILES string of the molecule is CCOCCn1c(=NC(=O)c2ccc(-c3ccccc3)cc2)sc2c(C)cc(C)cc21. The highest BCUT2D eigenvalue weighted by Gasteiger charge is 2.12. The van der Waals surface area contributed by atoms with E-state index in [-0.39, 0.29) is 5.91 Å². The van der Waals surface area contributed by atoms with E-state index in [1.165, 1.54) is 11.1 Å². The van der Waals surface area contributed by atoms with Gasteiger partial charge in [0.05, 0.1) is 16.8 Å². The lowest BCUT2D eigenvalue weighted by atomic mass is 10.0. The molecule has 0 spiro atoms. The molecule has 0 N–H and O–H groups in total. The van der Waals surface area contributed by atoms with Gasteiger partial charge in [0.15, 0.2) is 4.80 Å². The number of aromatic nitrogens is 1. The predicted octanol–water partition coefficient (Wildman–Crippen LogP) is 5.76. The summed E-state index contributed by atoms with van der Waals surface area (Å²) in [6.45, 7) is 8.09. The fourth-order valence-corrected chi connectivity index (χ4v) is 4.81. The second-order valence-corrected chi connectivity index (χ2v) is 8.50. The Labute approximate surface area is 186 Å². The van der Waals surface area contributed by atoms with Crippen molar-refractivity contribution in [3.8, 4) is 11.1 Å². The lowest BCUT2D eigenvalue weighted by molar-refractivity contribution is 0.0996. The maximum atomic E-state index is 13.0. The van der Waals surface area contributed by atoms with Crippen LogP contribution in [0, 0.1) is 13.8 Å². The quantitative estimate of drug-likeness (QED) is 0.365. The summed E-state index contributed by atoms with van der Waals surface area (Å²) in [6.07, 6.45) is 0. The van der Waals surface area contributed by atoms with Crippen molar-refractivity contribution in [3.63, 3.8) is 0 Å². The monoisotopic (exact) mass is 430 g/mol. The van der Waals surface area contributed by atoms with Crippen molar-refractivity contribution < 1.29 is 9.53 Å². The molecule has 1 amide bonds. The van der Waals surface area contributed by atoms with E-state index in [0.29, 0.717) is 30.1 Å². The molecule has 0 saturated carbocycles. The number of amides is 1. The molecule has 0 aliphatic heterocycles. The van der Waals surface area contributed by atoms with Gasteiger partial charge in [-0.05, 0) is 61.2 Å². The molecule has 0 fully saturated rings. The highest BCUT2D eigenvalue weighted by Crippen LogP contribution is 2.24. The molecule has 0 bridgehead atoms. The maximum Gasteiger partial charge on any atom is 0.279 e. The maximum absolute atomic E-state index is 13.0. The van der Waals surface area contributed by atoms with E-state index in [0.717, 1.165) is 21.3 Å². The number of benzene rings is 3. The van der Waals surface area contributed by atoms with Crippen LogP contribution in [-0.4, -0.2) is 23.7 Å². The summed E-state index contributed by atoms with van der Waals surface area (Å²) in [5.74, 6) is -0.231. The van der Waals surface area contributed by atoms with E-state index < -0.39 is 0 Å². The van der Waals surface area contributed by atoms with Crippen LogP contribution in [0.4, 0.5) is 0 Å². The fraction of sp³-hybridized carbons (Fsp3) is 0.231. The molecule has 4 rings (SSSR count). The highest BCUT2D eigenvalue weighted by molar-refractivity contribution is 7.16. The molecule has 4 aromatic rings. The largest absolute Gasteiger partial charge is 0.380 e. The van der Waals surface area contributed by atoms with Crippen LogP contribution in [0.25, 0.3) is 21.3 Å². The van der Waals surface area contributed by atoms with Gasteiger partial charge in [-0.1, -0.05) is 59.9 Å². The summed E-state index contributed by atoms with van der Waals surface area (Å²) in [5, 5.41) is 0. The van der Waals surface area contributed by atoms with Crippen molar-refractivity contribution >= 4 is 27.5 Å². The topological polar surface area (TPSA) is 43.6 Å². The van der Waals surface area contributed by atoms with Gasteiger partial charge in [0, 0.05) is 18.7 Å². The molecule has 158 valence electrons. The number of ether oxygens (including phenoxy) is 1. The van der Waals surface area contributed by atoms with Crippen LogP contribution < -0.4 is 4.80 Å². The number of fused-ring (bicyclic) bond motifs is 1. The van der Waals surface area contributed by atoms with Gasteiger partial charge in [0.2, 0.25) is 0 Å². The first-order chi connectivity index (χ1) is 15.1. The number of carbonyl (C=O) groups is 1. The summed E-state index contributed by atoms with van der Waals surface area (Å²) >= 11 is 1.56. The zero-order valence-corrected chi connectivity index (χ0v) is 18.9. The number of nitrogens with zero attached hydrogens (tertiary/aromatic N) is 2. The lowest BCUT2D eigenvalue weighted by Gasteiger charge is -2.07. The van der Waals surface area contributed by atoms with Gasteiger partial charge in [-0.2, -0.15) is 4.99 Å². The van der Waals surface area contributed by atoms with Gasteiger partial charge < -0.3 is 9.30 Å². The number of carbonyl (C=O) groups excluding carboxylic acids is 1. The number of hydrogen-bond donors (Lipinski definition) is 0. The number of rotatable bonds is 6. The van der Waals surface area contributed by atoms with Crippen LogP contribution in [-0.2, 0) is 11.3 Å². The van der Waals surface area contributed by atoms with E-state index in [9.17, 15) is 4.79 Å². The van der Waals surface area contributed by atoms with Crippen LogP contribution in [0.15, 0.2) is 71.7 Å². The Morgan fingerprint density at radius 2 is 1.71 bits per heavy atom. The van der Waals surface area contributed by atoms with Crippen LogP contribution in [0.1, 0.15) is 28.4 Å². The van der Waals surface area contributed by atoms with E-state index in [2.05, 4.69) is 47.7 Å². The van der Waals surface area contributed by atoms with Crippen LogP contribution >= 0.6 is 11.3 Å². The second kappa shape index (κ2) is 9.41. The predicted molar refractivity (Wildman–Crippen MR) is 128 cm³/mol. The third kappa shape index (κ3) is 4.68. The molecule has 1 heterocycles. The third-order valence-corrected chi connectivity index (χ3v) is 6.44. The molecular weight excluding hydrogens is 404 g/mol. The summed E-state index contributed by atoms with van der Waals surface area (Å²) in [6, 6.07) is 22.1. The van der Waals surface area contributed by atoms with Gasteiger partial charge in [-0.25, -0.2) is 0 Å². The van der Waals surface area contributed by atoms with E-state index >= 15 is 0 Å². The summed E-state index contributed by atoms with van der Waals surface area (Å²) < 4.78 is 8.84. The molecule has 0 saturated heterocycles. The lowest BCUT2D eigenvalue weighted by Crippen LogP contribution is -2.19. The van der Waals surface area contributed by atoms with E-state index in [1.54, 1.807) is 11.3 Å². The molecule has 5 heteroatoms. The minimum atomic E-state index is -0.231. The van der Waals surface area contributed by atoms with Crippen molar-refractivity contribution in [1.29, 1.82) is 0 Å². The Morgan fingerprint density at radius 3 is 2.42 bits per heavy atom. The van der Waals surface area contributed by atoms with Crippen molar-refractivity contribution in [1.82, 2.24) is 4.57 Å². The zero-order chi connectivity index (χ0) is 21.8. The Hall–Kier alpha value is -3.02. The first-order valence-corrected chi connectivity index (χ1v) is 11.3. The Morgan fingerprint density at radius 1 is 1.00 bits per heavy atom. The number of aryl methyl sites for hydroxylation is 2. The molecule has 0 unspecified atom stereocenters. The van der Waals surface area contributed by atoms with Gasteiger partial charge >= 0.3 is 0 Å². The van der Waals surface area contributed by atoms with Crippen LogP contribution in [0.5, 0.6) is 0 Å². The Kier molecular flexibility index (Phi) is 6.44. The molecule has 0 atom stereocenters. The summed E-state index contributed by atoms with van der Waals surface area (Å²) in [5.41, 5.74) is 6.29. The van der Waals surface area contributed by atoms with Crippen molar-refractivity contribution in [3.05, 3.63) is 88.2 Å². The Bertz CT molecular complexity index is 1270. The molecule has 3 aromatic carbocycles. The normalized spacial score (nSPS) is 11.9. The van der Waals surface area contributed by atoms with Gasteiger partial charge in [0.1, 0.15) is 0 Å². The third-order valence-electron chi connectivity index (χ3n) is 5.21. The second-order valence-electron chi connectivity index (χ2n) is 7.52. The van der Waals surface area contributed by atoms with Crippen LogP contribution in [0.2, 0.25) is 0 Å². The van der Waals surface area contributed by atoms with E-state index in [1.807, 2.05) is 49.4 Å². The van der Waals surface area contributed by atoms with Gasteiger partial charge in [-0.3, -0.25) is 4.79 Å². The molecule has 1 aromatic heterocycles. The highest BCUT2D eigenvalue weighted by atomic mass is 32.1. The fourth-order valence-electron chi connectivity index (χ4n) is 3.70. The van der Waals surface area contributed by atoms with E-state index in [4.69, 9.17) is 4.74 Å².